The van der Waals surface area contributed by atoms with Crippen LogP contribution in [0.2, 0.25) is 0 Å². The van der Waals surface area contributed by atoms with Crippen LogP contribution in [0.1, 0.15) is 0 Å². The number of sulfone groups is 2. The highest BCUT2D eigenvalue weighted by atomic mass is 32.2. The molecule has 42 heavy (non-hydrogen) atoms. The fourth-order valence-electron chi connectivity index (χ4n) is 3.70. The monoisotopic (exact) mass is 650 g/mol. The van der Waals surface area contributed by atoms with Crippen LogP contribution in [-0.4, -0.2) is 85.4 Å². The van der Waals surface area contributed by atoms with Crippen molar-refractivity contribution in [1.29, 1.82) is 0 Å². The third-order valence-electron chi connectivity index (χ3n) is 5.84. The predicted molar refractivity (Wildman–Crippen MR) is 144 cm³/mol. The summed E-state index contributed by atoms with van der Waals surface area (Å²) in [6, 6.07) is 14.8. The molecule has 0 spiro atoms. The molecule has 2 aromatic heterocycles. The summed E-state index contributed by atoms with van der Waals surface area (Å²) in [6.07, 6.45) is 1.98. The number of benzene rings is 3. The molecule has 0 aliphatic carbocycles. The van der Waals surface area contributed by atoms with Gasteiger partial charge in [-0.3, -0.25) is 0 Å². The van der Waals surface area contributed by atoms with Crippen LogP contribution in [0, 0.1) is 0 Å². The van der Waals surface area contributed by atoms with Crippen LogP contribution < -0.4 is 0 Å². The van der Waals surface area contributed by atoms with Crippen molar-refractivity contribution in [2.24, 2.45) is 0 Å². The quantitative estimate of drug-likeness (QED) is 0.220. The standard InChI is InChI=1S/C22H18N8O8S4/c1-39(31,32)17-7-11-19(12-8-17)41(35,36)29-21(23-25-27-29)15-3-5-16(6-4-15)22-24-26-28-30(22)42(37,38)20-13-9-18(10-14-20)40(2,33)34/h3-14H,1-2H3. The van der Waals surface area contributed by atoms with Crippen molar-refractivity contribution in [1.82, 2.24) is 39.2 Å². The minimum atomic E-state index is -4.33. The number of tetrazole rings is 2. The van der Waals surface area contributed by atoms with E-state index in [1.54, 1.807) is 0 Å². The van der Waals surface area contributed by atoms with Crippen molar-refractivity contribution >= 4 is 39.7 Å². The third kappa shape index (κ3) is 5.31. The third-order valence-corrected chi connectivity index (χ3v) is 11.2. The van der Waals surface area contributed by atoms with Crippen molar-refractivity contribution in [3.8, 4) is 22.8 Å². The number of hydrogen-bond acceptors (Lipinski definition) is 14. The van der Waals surface area contributed by atoms with Crippen LogP contribution in [-0.2, 0) is 39.7 Å². The van der Waals surface area contributed by atoms with Crippen LogP contribution in [0.5, 0.6) is 0 Å². The van der Waals surface area contributed by atoms with Gasteiger partial charge in [-0.05, 0) is 69.4 Å². The first kappa shape index (κ1) is 29.1. The first-order valence-corrected chi connectivity index (χ1v) is 18.1. The smallest absolute Gasteiger partial charge is 0.224 e. The maximum Gasteiger partial charge on any atom is 0.286 e. The number of aromatic nitrogens is 8. The molecule has 0 aliphatic heterocycles. The molecule has 0 bridgehead atoms. The van der Waals surface area contributed by atoms with Gasteiger partial charge >= 0.3 is 0 Å². The van der Waals surface area contributed by atoms with E-state index >= 15 is 0 Å². The molecule has 20 heteroatoms. The fraction of sp³-hybridized carbons (Fsp3) is 0.0909. The van der Waals surface area contributed by atoms with Crippen LogP contribution in [0.25, 0.3) is 22.8 Å². The van der Waals surface area contributed by atoms with E-state index in [9.17, 15) is 33.7 Å². The molecule has 5 aromatic rings. The number of rotatable bonds is 8. The molecule has 0 radical (unpaired) electrons. The lowest BCUT2D eigenvalue weighted by Crippen LogP contribution is -2.17. The molecule has 0 N–H and O–H groups in total. The van der Waals surface area contributed by atoms with E-state index in [-0.39, 0.29) is 42.4 Å². The normalized spacial score (nSPS) is 12.8. The highest BCUT2D eigenvalue weighted by molar-refractivity contribution is 7.91. The Morgan fingerprint density at radius 3 is 1.02 bits per heavy atom. The molecule has 0 amide bonds. The predicted octanol–water partition coefficient (Wildman–Crippen LogP) is 0.275. The zero-order chi connectivity index (χ0) is 30.5. The van der Waals surface area contributed by atoms with Crippen molar-refractivity contribution in [3.05, 3.63) is 72.8 Å². The Labute approximate surface area is 239 Å². The second kappa shape index (κ2) is 10.2. The zero-order valence-corrected chi connectivity index (χ0v) is 24.7. The van der Waals surface area contributed by atoms with Crippen molar-refractivity contribution in [2.45, 2.75) is 19.6 Å². The average Bonchev–Trinajstić information content (AvgIpc) is 3.64. The van der Waals surface area contributed by atoms with Gasteiger partial charge in [-0.1, -0.05) is 24.3 Å². The summed E-state index contributed by atoms with van der Waals surface area (Å²) in [4.78, 5) is -0.642. The van der Waals surface area contributed by atoms with Gasteiger partial charge in [0.1, 0.15) is 0 Å². The van der Waals surface area contributed by atoms with E-state index in [2.05, 4.69) is 31.1 Å². The first-order chi connectivity index (χ1) is 19.6. The van der Waals surface area contributed by atoms with Crippen molar-refractivity contribution < 1.29 is 33.7 Å². The first-order valence-electron chi connectivity index (χ1n) is 11.4. The van der Waals surface area contributed by atoms with Crippen LogP contribution in [0.3, 0.4) is 0 Å². The van der Waals surface area contributed by atoms with Gasteiger partial charge in [0.05, 0.1) is 19.6 Å². The average molecular weight is 651 g/mol. The highest BCUT2D eigenvalue weighted by Gasteiger charge is 2.27. The molecular weight excluding hydrogens is 633 g/mol. The van der Waals surface area contributed by atoms with Gasteiger partial charge < -0.3 is 0 Å². The topological polar surface area (TPSA) is 224 Å². The second-order valence-corrected chi connectivity index (χ2v) is 16.3. The Morgan fingerprint density at radius 2 is 0.738 bits per heavy atom. The summed E-state index contributed by atoms with van der Waals surface area (Å²) in [5.41, 5.74) is 0.469. The number of nitrogens with zero attached hydrogens (tertiary/aromatic N) is 8. The van der Waals surface area contributed by atoms with E-state index in [0.29, 0.717) is 8.17 Å². The summed E-state index contributed by atoms with van der Waals surface area (Å²) in [7, 11) is -15.7. The van der Waals surface area contributed by atoms with Crippen LogP contribution >= 0.6 is 0 Å². The maximum atomic E-state index is 13.2. The van der Waals surface area contributed by atoms with Gasteiger partial charge in [0, 0.05) is 23.6 Å². The maximum absolute atomic E-state index is 13.2. The molecular formula is C22H18N8O8S4. The molecule has 5 rings (SSSR count). The Kier molecular flexibility index (Phi) is 7.03. The van der Waals surface area contributed by atoms with Crippen molar-refractivity contribution in [3.63, 3.8) is 0 Å². The molecule has 0 aliphatic rings. The largest absolute Gasteiger partial charge is 0.286 e. The van der Waals surface area contributed by atoms with E-state index in [0.717, 1.165) is 61.0 Å². The highest BCUT2D eigenvalue weighted by Crippen LogP contribution is 2.26. The van der Waals surface area contributed by atoms with Crippen molar-refractivity contribution in [2.75, 3.05) is 12.5 Å². The van der Waals surface area contributed by atoms with E-state index in [4.69, 9.17) is 0 Å². The van der Waals surface area contributed by atoms with Gasteiger partial charge in [-0.2, -0.15) is 16.8 Å². The molecule has 0 fully saturated rings. The lowest BCUT2D eigenvalue weighted by molar-refractivity contribution is 0.576. The molecule has 3 aromatic carbocycles. The molecule has 2 heterocycles. The Balaban J connectivity index is 1.47. The van der Waals surface area contributed by atoms with Gasteiger partial charge in [0.2, 0.25) is 0 Å². The van der Waals surface area contributed by atoms with E-state index in [1.807, 2.05) is 0 Å². The van der Waals surface area contributed by atoms with Gasteiger partial charge in [-0.15, -0.1) is 18.4 Å². The van der Waals surface area contributed by atoms with Gasteiger partial charge in [0.15, 0.2) is 31.3 Å². The summed E-state index contributed by atoms with van der Waals surface area (Å²) < 4.78 is 101. The molecule has 16 nitrogen and oxygen atoms in total. The van der Waals surface area contributed by atoms with E-state index < -0.39 is 39.7 Å². The summed E-state index contributed by atoms with van der Waals surface area (Å²) in [5.74, 6) is -0.348. The number of hydrogen-bond donors (Lipinski definition) is 0. The summed E-state index contributed by atoms with van der Waals surface area (Å²) in [5, 5.41) is 21.7. The molecule has 0 atom stereocenters. The van der Waals surface area contributed by atoms with E-state index in [1.165, 1.54) is 24.3 Å². The zero-order valence-electron chi connectivity index (χ0n) is 21.4. The molecule has 0 saturated carbocycles. The van der Waals surface area contributed by atoms with Gasteiger partial charge in [0.25, 0.3) is 20.0 Å². The lowest BCUT2D eigenvalue weighted by atomic mass is 10.1. The minimum Gasteiger partial charge on any atom is -0.224 e. The molecule has 218 valence electrons. The second-order valence-electron chi connectivity index (χ2n) is 8.77. The molecule has 0 saturated heterocycles. The molecule has 0 unspecified atom stereocenters. The minimum absolute atomic E-state index is 0.0655. The van der Waals surface area contributed by atoms with Crippen LogP contribution in [0.4, 0.5) is 0 Å². The van der Waals surface area contributed by atoms with Gasteiger partial charge in [-0.25, -0.2) is 16.8 Å². The summed E-state index contributed by atoms with van der Waals surface area (Å²) >= 11 is 0. The SMILES string of the molecule is CS(=O)(=O)c1ccc(S(=O)(=O)n2nnnc2-c2ccc(-c3nnnn3S(=O)(=O)c3ccc(S(C)(=O)=O)cc3)cc2)cc1. The Bertz CT molecular complexity index is 2080. The van der Waals surface area contributed by atoms with Crippen LogP contribution in [0.15, 0.2) is 92.4 Å². The Morgan fingerprint density at radius 1 is 0.452 bits per heavy atom. The fourth-order valence-corrected chi connectivity index (χ4v) is 7.32. The summed E-state index contributed by atoms with van der Waals surface area (Å²) in [6.45, 7) is 0. The lowest BCUT2D eigenvalue weighted by Gasteiger charge is -2.09. The Hall–Kier alpha value is -4.40.